The molecule has 0 radical (unpaired) electrons. The second kappa shape index (κ2) is 3.40. The quantitative estimate of drug-likeness (QED) is 0.776. The lowest BCUT2D eigenvalue weighted by Gasteiger charge is -2.12. The van der Waals surface area contributed by atoms with E-state index in [2.05, 4.69) is 38.3 Å². The second-order valence-electron chi connectivity index (χ2n) is 6.38. The molecule has 2 N–H and O–H groups in total. The maximum Gasteiger partial charge on any atom is 0.262 e. The average Bonchev–Trinajstić information content (AvgIpc) is 2.49. The molecule has 1 aliphatic carbocycles. The molecule has 0 spiro atoms. The first-order valence-corrected chi connectivity index (χ1v) is 5.99. The van der Waals surface area contributed by atoms with Gasteiger partial charge in [0.1, 0.15) is 0 Å². The second-order valence-corrected chi connectivity index (χ2v) is 6.38. The van der Waals surface area contributed by atoms with Crippen LogP contribution < -0.4 is 10.6 Å². The molecule has 0 aromatic heterocycles. The van der Waals surface area contributed by atoms with E-state index in [1.165, 1.54) is 0 Å². The molecule has 0 aromatic rings. The SMILES string of the molecule is CC1(C)C(NC(=O)C2CC(F)(F)CN2)C1(C)C. The van der Waals surface area contributed by atoms with Crippen LogP contribution in [-0.2, 0) is 4.79 Å². The van der Waals surface area contributed by atoms with Crippen LogP contribution in [0.2, 0.25) is 0 Å². The van der Waals surface area contributed by atoms with Gasteiger partial charge in [0.15, 0.2) is 0 Å². The third-order valence-electron chi connectivity index (χ3n) is 4.73. The highest BCUT2D eigenvalue weighted by Crippen LogP contribution is 2.62. The monoisotopic (exact) mass is 246 g/mol. The number of hydrogen-bond donors (Lipinski definition) is 2. The minimum absolute atomic E-state index is 0.0315. The molecule has 3 nitrogen and oxygen atoms in total. The Morgan fingerprint density at radius 1 is 1.24 bits per heavy atom. The van der Waals surface area contributed by atoms with Gasteiger partial charge in [0.2, 0.25) is 5.91 Å². The molecule has 5 heteroatoms. The van der Waals surface area contributed by atoms with Gasteiger partial charge in [-0.25, -0.2) is 8.78 Å². The molecule has 2 rings (SSSR count). The third kappa shape index (κ3) is 1.94. The lowest BCUT2D eigenvalue weighted by atomic mass is 10.0. The van der Waals surface area contributed by atoms with E-state index in [9.17, 15) is 13.6 Å². The molecule has 1 saturated heterocycles. The van der Waals surface area contributed by atoms with Crippen LogP contribution in [0.15, 0.2) is 0 Å². The Morgan fingerprint density at radius 2 is 1.76 bits per heavy atom. The first-order valence-electron chi connectivity index (χ1n) is 5.99. The van der Waals surface area contributed by atoms with Gasteiger partial charge in [0.05, 0.1) is 12.6 Å². The van der Waals surface area contributed by atoms with Crippen molar-refractivity contribution in [2.75, 3.05) is 6.54 Å². The molecule has 0 bridgehead atoms. The van der Waals surface area contributed by atoms with Crippen LogP contribution in [0.1, 0.15) is 34.1 Å². The molecule has 1 aliphatic heterocycles. The van der Waals surface area contributed by atoms with Gasteiger partial charge in [-0.05, 0) is 10.8 Å². The van der Waals surface area contributed by atoms with Crippen LogP contribution in [0.4, 0.5) is 8.78 Å². The van der Waals surface area contributed by atoms with Crippen molar-refractivity contribution in [2.24, 2.45) is 10.8 Å². The molecule has 0 aromatic carbocycles. The lowest BCUT2D eigenvalue weighted by Crippen LogP contribution is -2.43. The van der Waals surface area contributed by atoms with Gasteiger partial charge in [-0.3, -0.25) is 10.1 Å². The van der Waals surface area contributed by atoms with E-state index >= 15 is 0 Å². The standard InChI is InChI=1S/C12H20F2N2O/c1-10(2)9(11(10,3)4)16-8(17)7-5-12(13,14)6-15-7/h7,9,15H,5-6H2,1-4H3,(H,16,17). The fourth-order valence-corrected chi connectivity index (χ4v) is 2.70. The fraction of sp³-hybridized carbons (Fsp3) is 0.917. The number of amides is 1. The topological polar surface area (TPSA) is 41.1 Å². The lowest BCUT2D eigenvalue weighted by molar-refractivity contribution is -0.123. The summed E-state index contributed by atoms with van der Waals surface area (Å²) in [4.78, 5) is 11.9. The molecular formula is C12H20F2N2O. The van der Waals surface area contributed by atoms with Crippen molar-refractivity contribution >= 4 is 5.91 Å². The summed E-state index contributed by atoms with van der Waals surface area (Å²) in [6.45, 7) is 7.91. The summed E-state index contributed by atoms with van der Waals surface area (Å²) in [5, 5.41) is 5.45. The van der Waals surface area contributed by atoms with E-state index in [0.717, 1.165) is 0 Å². The minimum atomic E-state index is -2.75. The van der Waals surface area contributed by atoms with Crippen molar-refractivity contribution in [1.29, 1.82) is 0 Å². The van der Waals surface area contributed by atoms with Gasteiger partial charge in [-0.1, -0.05) is 27.7 Å². The van der Waals surface area contributed by atoms with Crippen molar-refractivity contribution in [3.8, 4) is 0 Å². The van der Waals surface area contributed by atoms with Crippen molar-refractivity contribution in [2.45, 2.75) is 52.1 Å². The summed E-state index contributed by atoms with van der Waals surface area (Å²) >= 11 is 0. The van der Waals surface area contributed by atoms with Gasteiger partial charge in [0.25, 0.3) is 5.92 Å². The van der Waals surface area contributed by atoms with Crippen LogP contribution in [0, 0.1) is 10.8 Å². The Hall–Kier alpha value is -0.710. The molecule has 1 saturated carbocycles. The van der Waals surface area contributed by atoms with Crippen LogP contribution >= 0.6 is 0 Å². The van der Waals surface area contributed by atoms with Crippen molar-refractivity contribution < 1.29 is 13.6 Å². The predicted octanol–water partition coefficient (Wildman–Crippen LogP) is 1.53. The number of nitrogens with one attached hydrogen (secondary N) is 2. The molecular weight excluding hydrogens is 226 g/mol. The van der Waals surface area contributed by atoms with Crippen LogP contribution in [-0.4, -0.2) is 30.5 Å². The van der Waals surface area contributed by atoms with Gasteiger partial charge in [-0.15, -0.1) is 0 Å². The molecule has 98 valence electrons. The zero-order chi connectivity index (χ0) is 13.1. The van der Waals surface area contributed by atoms with Crippen LogP contribution in [0.3, 0.4) is 0 Å². The third-order valence-corrected chi connectivity index (χ3v) is 4.73. The zero-order valence-corrected chi connectivity index (χ0v) is 10.7. The van der Waals surface area contributed by atoms with E-state index in [1.54, 1.807) is 0 Å². The normalized spacial score (nSPS) is 33.4. The average molecular weight is 246 g/mol. The van der Waals surface area contributed by atoms with Gasteiger partial charge >= 0.3 is 0 Å². The van der Waals surface area contributed by atoms with Crippen molar-refractivity contribution in [3.63, 3.8) is 0 Å². The summed E-state index contributed by atoms with van der Waals surface area (Å²) in [5.41, 5.74) is 0.0631. The van der Waals surface area contributed by atoms with Crippen molar-refractivity contribution in [3.05, 3.63) is 0 Å². The zero-order valence-electron chi connectivity index (χ0n) is 10.7. The highest BCUT2D eigenvalue weighted by molar-refractivity contribution is 5.83. The summed E-state index contributed by atoms with van der Waals surface area (Å²) in [6.07, 6.45) is -0.396. The number of rotatable bonds is 2. The molecule has 2 fully saturated rings. The first-order chi connectivity index (χ1) is 7.58. The largest absolute Gasteiger partial charge is 0.351 e. The van der Waals surface area contributed by atoms with Gasteiger partial charge in [0, 0.05) is 12.5 Å². The molecule has 1 unspecified atom stereocenters. The summed E-state index contributed by atoms with van der Waals surface area (Å²) in [7, 11) is 0. The number of carbonyl (C=O) groups is 1. The molecule has 17 heavy (non-hydrogen) atoms. The summed E-state index contributed by atoms with van der Waals surface area (Å²) in [6, 6.07) is -0.685. The highest BCUT2D eigenvalue weighted by atomic mass is 19.3. The first kappa shape index (κ1) is 12.7. The molecule has 2 aliphatic rings. The number of alkyl halides is 2. The van der Waals surface area contributed by atoms with Crippen molar-refractivity contribution in [1.82, 2.24) is 10.6 Å². The Bertz CT molecular complexity index is 338. The highest BCUT2D eigenvalue weighted by Gasteiger charge is 2.65. The maximum atomic E-state index is 13.0. The predicted molar refractivity (Wildman–Crippen MR) is 60.8 cm³/mol. The summed E-state index contributed by atoms with van der Waals surface area (Å²) in [5.74, 6) is -3.05. The number of hydrogen-bond acceptors (Lipinski definition) is 2. The fourth-order valence-electron chi connectivity index (χ4n) is 2.70. The Balaban J connectivity index is 1.92. The Morgan fingerprint density at radius 3 is 2.12 bits per heavy atom. The van der Waals surface area contributed by atoms with E-state index in [0.29, 0.717) is 0 Å². The molecule has 1 heterocycles. The Labute approximate surface area is 100 Å². The van der Waals surface area contributed by atoms with Gasteiger partial charge in [-0.2, -0.15) is 0 Å². The number of halogens is 2. The maximum absolute atomic E-state index is 13.0. The van der Waals surface area contributed by atoms with Gasteiger partial charge < -0.3 is 5.32 Å². The van der Waals surface area contributed by atoms with E-state index < -0.39 is 24.9 Å². The minimum Gasteiger partial charge on any atom is -0.351 e. The smallest absolute Gasteiger partial charge is 0.262 e. The van der Waals surface area contributed by atoms with Crippen LogP contribution in [0.25, 0.3) is 0 Å². The van der Waals surface area contributed by atoms with E-state index in [1.807, 2.05) is 0 Å². The summed E-state index contributed by atoms with van der Waals surface area (Å²) < 4.78 is 25.9. The molecule has 1 atom stereocenters. The van der Waals surface area contributed by atoms with Crippen LogP contribution in [0.5, 0.6) is 0 Å². The Kier molecular flexibility index (Phi) is 2.55. The van der Waals surface area contributed by atoms with E-state index in [4.69, 9.17) is 0 Å². The molecule has 1 amide bonds. The van der Waals surface area contributed by atoms with E-state index in [-0.39, 0.29) is 22.8 Å². The number of carbonyl (C=O) groups excluding carboxylic acids is 1.